The van der Waals surface area contributed by atoms with Gasteiger partial charge in [0.15, 0.2) is 0 Å². The molecule has 0 aliphatic carbocycles. The molecule has 0 aliphatic heterocycles. The highest BCUT2D eigenvalue weighted by Gasteiger charge is 2.12. The maximum absolute atomic E-state index is 12.4. The van der Waals surface area contributed by atoms with E-state index in [-0.39, 0.29) is 11.6 Å². The minimum Gasteiger partial charge on any atom is -0.465 e. The summed E-state index contributed by atoms with van der Waals surface area (Å²) in [6.07, 6.45) is 0. The van der Waals surface area contributed by atoms with Gasteiger partial charge in [-0.25, -0.2) is 14.8 Å². The predicted octanol–water partition coefficient (Wildman–Crippen LogP) is 2.89. The molecule has 132 valence electrons. The number of rotatable bonds is 6. The van der Waals surface area contributed by atoms with Gasteiger partial charge in [-0.15, -0.1) is 0 Å². The zero-order chi connectivity index (χ0) is 18.4. The summed E-state index contributed by atoms with van der Waals surface area (Å²) in [6, 6.07) is 8.06. The molecular weight excluding hydrogens is 320 g/mol. The number of hydrogen-bond acceptors (Lipinski definition) is 6. The standard InChI is InChI=1S/C18H22N4O3/c1-11(2)10-19-16-9-15(20-12(3)21-16)17(23)22-14-7-5-13(6-8-14)18(24)25-4/h5-9,11H,10H2,1-4H3,(H,22,23)(H,19,20,21). The highest BCUT2D eigenvalue weighted by atomic mass is 16.5. The van der Waals surface area contributed by atoms with Crippen LogP contribution in [-0.4, -0.2) is 35.5 Å². The van der Waals surface area contributed by atoms with Crippen molar-refractivity contribution < 1.29 is 14.3 Å². The molecule has 0 spiro atoms. The number of benzene rings is 1. The number of aryl methyl sites for hydroxylation is 1. The second-order valence-corrected chi connectivity index (χ2v) is 5.98. The van der Waals surface area contributed by atoms with Crippen molar-refractivity contribution in [3.63, 3.8) is 0 Å². The fourth-order valence-corrected chi connectivity index (χ4v) is 2.09. The van der Waals surface area contributed by atoms with E-state index in [1.165, 1.54) is 7.11 Å². The van der Waals surface area contributed by atoms with Gasteiger partial charge in [0.25, 0.3) is 5.91 Å². The van der Waals surface area contributed by atoms with Gasteiger partial charge in [0.2, 0.25) is 0 Å². The molecule has 2 rings (SSSR count). The molecule has 0 radical (unpaired) electrons. The van der Waals surface area contributed by atoms with Gasteiger partial charge in [-0.05, 0) is 37.1 Å². The average molecular weight is 342 g/mol. The van der Waals surface area contributed by atoms with Gasteiger partial charge in [-0.2, -0.15) is 0 Å². The summed E-state index contributed by atoms with van der Waals surface area (Å²) in [6.45, 7) is 6.67. The van der Waals surface area contributed by atoms with Gasteiger partial charge in [0.05, 0.1) is 12.7 Å². The monoisotopic (exact) mass is 342 g/mol. The first kappa shape index (κ1) is 18.4. The van der Waals surface area contributed by atoms with Crippen LogP contribution in [0.5, 0.6) is 0 Å². The van der Waals surface area contributed by atoms with Crippen molar-refractivity contribution in [2.75, 3.05) is 24.3 Å². The number of aromatic nitrogens is 2. The molecule has 0 aliphatic rings. The van der Waals surface area contributed by atoms with Gasteiger partial charge >= 0.3 is 5.97 Å². The van der Waals surface area contributed by atoms with Gasteiger partial charge in [-0.3, -0.25) is 4.79 Å². The first-order chi connectivity index (χ1) is 11.9. The molecule has 1 heterocycles. The second kappa shape index (κ2) is 8.23. The van der Waals surface area contributed by atoms with E-state index in [0.29, 0.717) is 28.8 Å². The zero-order valence-electron chi connectivity index (χ0n) is 14.8. The van der Waals surface area contributed by atoms with Crippen LogP contribution in [0.1, 0.15) is 40.5 Å². The quantitative estimate of drug-likeness (QED) is 0.784. The summed E-state index contributed by atoms with van der Waals surface area (Å²) in [5.41, 5.74) is 1.25. The number of hydrogen-bond donors (Lipinski definition) is 2. The Balaban J connectivity index is 2.11. The minimum absolute atomic E-state index is 0.274. The van der Waals surface area contributed by atoms with Crippen molar-refractivity contribution in [3.8, 4) is 0 Å². The Kier molecular flexibility index (Phi) is 6.05. The Morgan fingerprint density at radius 1 is 1.16 bits per heavy atom. The van der Waals surface area contributed by atoms with Crippen LogP contribution >= 0.6 is 0 Å². The average Bonchev–Trinajstić information content (AvgIpc) is 2.59. The molecule has 0 saturated heterocycles. The minimum atomic E-state index is -0.426. The lowest BCUT2D eigenvalue weighted by atomic mass is 10.2. The summed E-state index contributed by atoms with van der Waals surface area (Å²) >= 11 is 0. The van der Waals surface area contributed by atoms with Crippen LogP contribution in [0.3, 0.4) is 0 Å². The summed E-state index contributed by atoms with van der Waals surface area (Å²) in [5, 5.41) is 5.94. The Bertz CT molecular complexity index is 757. The largest absolute Gasteiger partial charge is 0.465 e. The molecule has 0 bridgehead atoms. The molecule has 0 saturated carbocycles. The van der Waals surface area contributed by atoms with Crippen LogP contribution in [0.4, 0.5) is 11.5 Å². The number of nitrogens with zero attached hydrogens (tertiary/aromatic N) is 2. The number of amides is 1. The third kappa shape index (κ3) is 5.27. The molecule has 0 unspecified atom stereocenters. The molecule has 2 N–H and O–H groups in total. The third-order valence-corrected chi connectivity index (χ3v) is 3.33. The van der Waals surface area contributed by atoms with Crippen LogP contribution < -0.4 is 10.6 Å². The number of nitrogens with one attached hydrogen (secondary N) is 2. The second-order valence-electron chi connectivity index (χ2n) is 5.98. The van der Waals surface area contributed by atoms with Crippen LogP contribution in [0.2, 0.25) is 0 Å². The lowest BCUT2D eigenvalue weighted by molar-refractivity contribution is 0.0600. The maximum atomic E-state index is 12.4. The predicted molar refractivity (Wildman–Crippen MR) is 95.8 cm³/mol. The maximum Gasteiger partial charge on any atom is 0.337 e. The van der Waals surface area contributed by atoms with Crippen molar-refractivity contribution in [3.05, 3.63) is 47.4 Å². The van der Waals surface area contributed by atoms with Crippen molar-refractivity contribution in [1.82, 2.24) is 9.97 Å². The van der Waals surface area contributed by atoms with Gasteiger partial charge in [-0.1, -0.05) is 13.8 Å². The third-order valence-electron chi connectivity index (χ3n) is 3.33. The lowest BCUT2D eigenvalue weighted by Gasteiger charge is -2.10. The SMILES string of the molecule is COC(=O)c1ccc(NC(=O)c2cc(NCC(C)C)nc(C)n2)cc1. The molecule has 7 nitrogen and oxygen atoms in total. The molecule has 25 heavy (non-hydrogen) atoms. The van der Waals surface area contributed by atoms with E-state index in [2.05, 4.69) is 39.2 Å². The molecule has 2 aromatic rings. The van der Waals surface area contributed by atoms with E-state index < -0.39 is 5.97 Å². The fourth-order valence-electron chi connectivity index (χ4n) is 2.09. The number of ether oxygens (including phenoxy) is 1. The highest BCUT2D eigenvalue weighted by molar-refractivity contribution is 6.03. The Labute approximate surface area is 146 Å². The van der Waals surface area contributed by atoms with E-state index in [0.717, 1.165) is 6.54 Å². The molecule has 1 aromatic heterocycles. The van der Waals surface area contributed by atoms with Crippen LogP contribution in [0.25, 0.3) is 0 Å². The number of methoxy groups -OCH3 is 1. The van der Waals surface area contributed by atoms with E-state index >= 15 is 0 Å². The van der Waals surface area contributed by atoms with Crippen molar-refractivity contribution in [1.29, 1.82) is 0 Å². The summed E-state index contributed by atoms with van der Waals surface area (Å²) in [7, 11) is 1.32. The first-order valence-corrected chi connectivity index (χ1v) is 7.98. The summed E-state index contributed by atoms with van der Waals surface area (Å²) in [4.78, 5) is 32.3. The Morgan fingerprint density at radius 2 is 1.84 bits per heavy atom. The Hall–Kier alpha value is -2.96. The smallest absolute Gasteiger partial charge is 0.337 e. The number of carbonyl (C=O) groups is 2. The van der Waals surface area contributed by atoms with Gasteiger partial charge < -0.3 is 15.4 Å². The van der Waals surface area contributed by atoms with Crippen molar-refractivity contribution in [2.45, 2.75) is 20.8 Å². The molecule has 0 atom stereocenters. The molecule has 1 amide bonds. The molecule has 7 heteroatoms. The summed E-state index contributed by atoms with van der Waals surface area (Å²) < 4.78 is 4.64. The van der Waals surface area contributed by atoms with E-state index in [9.17, 15) is 9.59 Å². The van der Waals surface area contributed by atoms with Crippen molar-refractivity contribution in [2.24, 2.45) is 5.92 Å². The van der Waals surface area contributed by atoms with E-state index in [4.69, 9.17) is 0 Å². The number of esters is 1. The first-order valence-electron chi connectivity index (χ1n) is 7.98. The van der Waals surface area contributed by atoms with Gasteiger partial charge in [0, 0.05) is 18.3 Å². The van der Waals surface area contributed by atoms with Crippen LogP contribution in [0, 0.1) is 12.8 Å². The summed E-state index contributed by atoms with van der Waals surface area (Å²) in [5.74, 6) is 0.822. The number of carbonyl (C=O) groups excluding carboxylic acids is 2. The molecule has 1 aromatic carbocycles. The Morgan fingerprint density at radius 3 is 2.44 bits per heavy atom. The number of anilines is 2. The zero-order valence-corrected chi connectivity index (χ0v) is 14.8. The van der Waals surface area contributed by atoms with Crippen molar-refractivity contribution >= 4 is 23.4 Å². The lowest BCUT2D eigenvalue weighted by Crippen LogP contribution is -2.17. The highest BCUT2D eigenvalue weighted by Crippen LogP contribution is 2.13. The van der Waals surface area contributed by atoms with Gasteiger partial charge in [0.1, 0.15) is 17.3 Å². The van der Waals surface area contributed by atoms with Crippen LogP contribution in [-0.2, 0) is 4.74 Å². The van der Waals surface area contributed by atoms with Crippen LogP contribution in [0.15, 0.2) is 30.3 Å². The van der Waals surface area contributed by atoms with E-state index in [1.54, 1.807) is 37.3 Å². The fraction of sp³-hybridized carbons (Fsp3) is 0.333. The van der Waals surface area contributed by atoms with E-state index in [1.807, 2.05) is 0 Å². The molecular formula is C18H22N4O3. The normalized spacial score (nSPS) is 10.4. The topological polar surface area (TPSA) is 93.2 Å². The molecule has 0 fully saturated rings.